The van der Waals surface area contributed by atoms with E-state index in [1.165, 1.54) is 6.07 Å². The topological polar surface area (TPSA) is 47.0 Å². The fourth-order valence-corrected chi connectivity index (χ4v) is 1.39. The zero-order chi connectivity index (χ0) is 15.2. The molecule has 0 spiro atoms. The maximum Gasteiger partial charge on any atom is 0.340 e. The van der Waals surface area contributed by atoms with E-state index in [0.29, 0.717) is 24.6 Å². The first-order valence-corrected chi connectivity index (χ1v) is 6.29. The van der Waals surface area contributed by atoms with Crippen LogP contribution in [0.5, 0.6) is 5.88 Å². The summed E-state index contributed by atoms with van der Waals surface area (Å²) in [5.41, 5.74) is 0. The van der Waals surface area contributed by atoms with Crippen molar-refractivity contribution in [2.24, 2.45) is 0 Å². The van der Waals surface area contributed by atoms with E-state index < -0.39 is 19.0 Å². The molecule has 114 valence electrons. The van der Waals surface area contributed by atoms with Crippen LogP contribution in [-0.4, -0.2) is 35.5 Å². The standard InChI is InChI=1S/C12H17F4N3O/c1-3-5-8-18-9(17-4-2)6-10(19-8)20-7-12(15,16)11(13)14/h6,11H,3-5,7H2,1-2H3,(H,17,18,19). The molecule has 0 amide bonds. The van der Waals surface area contributed by atoms with Crippen molar-refractivity contribution in [2.75, 3.05) is 18.5 Å². The van der Waals surface area contributed by atoms with E-state index in [9.17, 15) is 17.6 Å². The number of aryl methyl sites for hydroxylation is 1. The Morgan fingerprint density at radius 3 is 2.55 bits per heavy atom. The van der Waals surface area contributed by atoms with Gasteiger partial charge in [-0.3, -0.25) is 0 Å². The van der Waals surface area contributed by atoms with Gasteiger partial charge in [0.1, 0.15) is 11.6 Å². The third kappa shape index (κ3) is 4.82. The number of aromatic nitrogens is 2. The summed E-state index contributed by atoms with van der Waals surface area (Å²) in [6.07, 6.45) is -2.46. The lowest BCUT2D eigenvalue weighted by atomic mass is 10.3. The van der Waals surface area contributed by atoms with Gasteiger partial charge < -0.3 is 10.1 Å². The third-order valence-electron chi connectivity index (χ3n) is 2.31. The molecular weight excluding hydrogens is 278 g/mol. The number of hydrogen-bond acceptors (Lipinski definition) is 4. The molecule has 1 N–H and O–H groups in total. The molecule has 1 rings (SSSR count). The lowest BCUT2D eigenvalue weighted by Crippen LogP contribution is -2.34. The number of hydrogen-bond donors (Lipinski definition) is 1. The van der Waals surface area contributed by atoms with Crippen LogP contribution in [0, 0.1) is 0 Å². The third-order valence-corrected chi connectivity index (χ3v) is 2.31. The zero-order valence-electron chi connectivity index (χ0n) is 11.3. The van der Waals surface area contributed by atoms with Crippen molar-refractivity contribution in [1.29, 1.82) is 0 Å². The van der Waals surface area contributed by atoms with Gasteiger partial charge in [0.2, 0.25) is 5.88 Å². The quantitative estimate of drug-likeness (QED) is 0.748. The van der Waals surface area contributed by atoms with Gasteiger partial charge >= 0.3 is 12.3 Å². The van der Waals surface area contributed by atoms with Crippen LogP contribution in [0.2, 0.25) is 0 Å². The van der Waals surface area contributed by atoms with Crippen LogP contribution >= 0.6 is 0 Å². The first kappa shape index (κ1) is 16.5. The Morgan fingerprint density at radius 1 is 1.30 bits per heavy atom. The van der Waals surface area contributed by atoms with E-state index >= 15 is 0 Å². The number of rotatable bonds is 8. The van der Waals surface area contributed by atoms with Crippen LogP contribution in [0.25, 0.3) is 0 Å². The molecule has 4 nitrogen and oxygen atoms in total. The van der Waals surface area contributed by atoms with Crippen LogP contribution in [0.1, 0.15) is 26.1 Å². The van der Waals surface area contributed by atoms with E-state index in [1.54, 1.807) is 0 Å². The highest BCUT2D eigenvalue weighted by atomic mass is 19.3. The highest BCUT2D eigenvalue weighted by Crippen LogP contribution is 2.24. The van der Waals surface area contributed by atoms with Crippen molar-refractivity contribution in [1.82, 2.24) is 9.97 Å². The van der Waals surface area contributed by atoms with Gasteiger partial charge in [0.15, 0.2) is 6.61 Å². The van der Waals surface area contributed by atoms with Gasteiger partial charge in [-0.25, -0.2) is 13.8 Å². The average molecular weight is 295 g/mol. The molecule has 0 aromatic carbocycles. The van der Waals surface area contributed by atoms with Crippen LogP contribution in [-0.2, 0) is 6.42 Å². The van der Waals surface area contributed by atoms with Gasteiger partial charge in [-0.05, 0) is 13.3 Å². The van der Waals surface area contributed by atoms with E-state index in [0.717, 1.165) is 6.42 Å². The van der Waals surface area contributed by atoms with Crippen LogP contribution in [0.3, 0.4) is 0 Å². The van der Waals surface area contributed by atoms with E-state index in [1.807, 2.05) is 13.8 Å². The average Bonchev–Trinajstić information content (AvgIpc) is 2.37. The second kappa shape index (κ2) is 7.25. The normalized spacial score (nSPS) is 11.8. The summed E-state index contributed by atoms with van der Waals surface area (Å²) in [6.45, 7) is 2.91. The van der Waals surface area contributed by atoms with Crippen LogP contribution in [0.4, 0.5) is 23.4 Å². The monoisotopic (exact) mass is 295 g/mol. The summed E-state index contributed by atoms with van der Waals surface area (Å²) >= 11 is 0. The molecule has 0 aliphatic carbocycles. The molecule has 0 unspecified atom stereocenters. The molecule has 1 heterocycles. The summed E-state index contributed by atoms with van der Waals surface area (Å²) in [5.74, 6) is -3.50. The number of ether oxygens (including phenoxy) is 1. The molecule has 0 saturated carbocycles. The zero-order valence-corrected chi connectivity index (χ0v) is 11.3. The van der Waals surface area contributed by atoms with Crippen molar-refractivity contribution in [3.05, 3.63) is 11.9 Å². The minimum Gasteiger partial charge on any atom is -0.471 e. The Labute approximate surface area is 114 Å². The largest absolute Gasteiger partial charge is 0.471 e. The number of nitrogens with zero attached hydrogens (tertiary/aromatic N) is 2. The summed E-state index contributed by atoms with van der Waals surface area (Å²) < 4.78 is 54.4. The van der Waals surface area contributed by atoms with E-state index in [2.05, 4.69) is 20.0 Å². The van der Waals surface area contributed by atoms with Gasteiger partial charge in [-0.15, -0.1) is 0 Å². The maximum absolute atomic E-state index is 12.8. The van der Waals surface area contributed by atoms with Crippen molar-refractivity contribution < 1.29 is 22.3 Å². The minimum atomic E-state index is -4.20. The minimum absolute atomic E-state index is 0.139. The molecule has 1 aromatic rings. The molecule has 0 bridgehead atoms. The van der Waals surface area contributed by atoms with Gasteiger partial charge in [0, 0.05) is 19.0 Å². The Balaban J connectivity index is 2.82. The Hall–Kier alpha value is -1.60. The molecule has 20 heavy (non-hydrogen) atoms. The van der Waals surface area contributed by atoms with E-state index in [-0.39, 0.29) is 5.88 Å². The molecule has 0 atom stereocenters. The van der Waals surface area contributed by atoms with E-state index in [4.69, 9.17) is 0 Å². The van der Waals surface area contributed by atoms with Crippen molar-refractivity contribution in [3.63, 3.8) is 0 Å². The Bertz CT molecular complexity index is 405. The summed E-state index contributed by atoms with van der Waals surface area (Å²) in [6, 6.07) is 1.31. The molecule has 0 saturated heterocycles. The van der Waals surface area contributed by atoms with Crippen molar-refractivity contribution in [2.45, 2.75) is 39.0 Å². The van der Waals surface area contributed by atoms with Gasteiger partial charge in [0.25, 0.3) is 0 Å². The lowest BCUT2D eigenvalue weighted by molar-refractivity contribution is -0.148. The summed E-state index contributed by atoms with van der Waals surface area (Å²) in [5, 5.41) is 2.90. The fourth-order valence-electron chi connectivity index (χ4n) is 1.39. The van der Waals surface area contributed by atoms with Gasteiger partial charge in [-0.2, -0.15) is 13.8 Å². The van der Waals surface area contributed by atoms with Crippen LogP contribution in [0.15, 0.2) is 6.07 Å². The van der Waals surface area contributed by atoms with Gasteiger partial charge in [0.05, 0.1) is 0 Å². The van der Waals surface area contributed by atoms with Crippen LogP contribution < -0.4 is 10.1 Å². The molecule has 0 aliphatic heterocycles. The molecule has 1 aromatic heterocycles. The Morgan fingerprint density at radius 2 is 2.00 bits per heavy atom. The first-order chi connectivity index (χ1) is 9.39. The second-order valence-corrected chi connectivity index (χ2v) is 4.14. The molecule has 0 fully saturated rings. The Kier molecular flexibility index (Phi) is 5.97. The maximum atomic E-state index is 12.8. The predicted octanol–water partition coefficient (Wildman–Crippen LogP) is 3.14. The summed E-state index contributed by atoms with van der Waals surface area (Å²) in [7, 11) is 0. The lowest BCUT2D eigenvalue weighted by Gasteiger charge is -2.16. The number of nitrogens with one attached hydrogen (secondary N) is 1. The first-order valence-electron chi connectivity index (χ1n) is 6.29. The molecule has 8 heteroatoms. The SMILES string of the molecule is CCCc1nc(NCC)cc(OCC(F)(F)C(F)F)n1. The highest BCUT2D eigenvalue weighted by molar-refractivity contribution is 5.38. The highest BCUT2D eigenvalue weighted by Gasteiger charge is 2.41. The van der Waals surface area contributed by atoms with Crippen molar-refractivity contribution in [3.8, 4) is 5.88 Å². The van der Waals surface area contributed by atoms with Crippen molar-refractivity contribution >= 4 is 5.82 Å². The summed E-state index contributed by atoms with van der Waals surface area (Å²) in [4.78, 5) is 8.07. The number of alkyl halides is 4. The molecule has 0 aliphatic rings. The molecule has 0 radical (unpaired) electrons. The molecular formula is C12H17F4N3O. The fraction of sp³-hybridized carbons (Fsp3) is 0.667. The smallest absolute Gasteiger partial charge is 0.340 e. The predicted molar refractivity (Wildman–Crippen MR) is 66.6 cm³/mol. The second-order valence-electron chi connectivity index (χ2n) is 4.14. The van der Waals surface area contributed by atoms with Gasteiger partial charge in [-0.1, -0.05) is 6.92 Å². The number of halogens is 4. The number of anilines is 1.